The number of anilines is 1. The van der Waals surface area contributed by atoms with E-state index < -0.39 is 0 Å². The predicted molar refractivity (Wildman–Crippen MR) is 70.5 cm³/mol. The lowest BCUT2D eigenvalue weighted by Crippen LogP contribution is -2.45. The average molecular weight is 255 g/mol. The molecule has 1 atom stereocenters. The highest BCUT2D eigenvalue weighted by atomic mass is 35.5. The summed E-state index contributed by atoms with van der Waals surface area (Å²) >= 11 is 5.73. The number of aromatic nitrogens is 2. The Morgan fingerprint density at radius 1 is 1.41 bits per heavy atom. The Morgan fingerprint density at radius 3 is 2.71 bits per heavy atom. The highest BCUT2D eigenvalue weighted by Gasteiger charge is 2.22. The molecular weight excluding hydrogens is 236 g/mol. The minimum atomic E-state index is 0.473. The van der Waals surface area contributed by atoms with Crippen molar-refractivity contribution in [2.45, 2.75) is 24.8 Å². The molecule has 0 aliphatic carbocycles. The van der Waals surface area contributed by atoms with E-state index in [4.69, 9.17) is 11.6 Å². The van der Waals surface area contributed by atoms with Crippen LogP contribution in [0, 0.1) is 0 Å². The molecule has 0 amide bonds. The Morgan fingerprint density at radius 2 is 2.12 bits per heavy atom. The topological polar surface area (TPSA) is 32.3 Å². The van der Waals surface area contributed by atoms with Crippen molar-refractivity contribution in [3.8, 4) is 0 Å². The van der Waals surface area contributed by atoms with Gasteiger partial charge in [0.2, 0.25) is 5.95 Å². The fourth-order valence-corrected chi connectivity index (χ4v) is 2.28. The monoisotopic (exact) mass is 254 g/mol. The molecule has 5 heteroatoms. The van der Waals surface area contributed by atoms with Gasteiger partial charge >= 0.3 is 0 Å². The third kappa shape index (κ3) is 3.07. The Hall–Kier alpha value is -0.870. The van der Waals surface area contributed by atoms with Crippen LogP contribution in [0.2, 0.25) is 0 Å². The molecule has 2 heterocycles. The molecule has 2 rings (SSSR count). The molecule has 1 aliphatic rings. The summed E-state index contributed by atoms with van der Waals surface area (Å²) in [4.78, 5) is 13.3. The Labute approximate surface area is 108 Å². The first-order valence-electron chi connectivity index (χ1n) is 5.99. The predicted octanol–water partition coefficient (Wildman–Crippen LogP) is 1.75. The molecule has 1 unspecified atom stereocenters. The summed E-state index contributed by atoms with van der Waals surface area (Å²) in [6.45, 7) is 2.05. The Bertz CT molecular complexity index is 352. The number of halogens is 1. The van der Waals surface area contributed by atoms with Crippen LogP contribution in [0.15, 0.2) is 12.4 Å². The van der Waals surface area contributed by atoms with Gasteiger partial charge < -0.3 is 9.80 Å². The number of nitrogens with zero attached hydrogens (tertiary/aromatic N) is 4. The summed E-state index contributed by atoms with van der Waals surface area (Å²) in [5.41, 5.74) is 0.969. The minimum Gasteiger partial charge on any atom is -0.339 e. The largest absolute Gasteiger partial charge is 0.339 e. The maximum atomic E-state index is 5.73. The lowest BCUT2D eigenvalue weighted by molar-refractivity contribution is 0.257. The van der Waals surface area contributed by atoms with Gasteiger partial charge in [0.05, 0.1) is 5.88 Å². The van der Waals surface area contributed by atoms with Crippen LogP contribution in [0.5, 0.6) is 0 Å². The van der Waals surface area contributed by atoms with Crippen LogP contribution in [-0.4, -0.2) is 48.1 Å². The second-order valence-electron chi connectivity index (χ2n) is 4.73. The van der Waals surface area contributed by atoms with Gasteiger partial charge in [0, 0.05) is 37.1 Å². The molecule has 1 aliphatic heterocycles. The van der Waals surface area contributed by atoms with Gasteiger partial charge in [-0.05, 0) is 26.9 Å². The minimum absolute atomic E-state index is 0.473. The Balaban J connectivity index is 2.05. The zero-order valence-electron chi connectivity index (χ0n) is 10.4. The first kappa shape index (κ1) is 12.6. The van der Waals surface area contributed by atoms with Crippen molar-refractivity contribution in [2.75, 3.05) is 32.1 Å². The highest BCUT2D eigenvalue weighted by Crippen LogP contribution is 2.18. The molecule has 1 fully saturated rings. The van der Waals surface area contributed by atoms with Crippen LogP contribution < -0.4 is 4.90 Å². The van der Waals surface area contributed by atoms with E-state index in [-0.39, 0.29) is 0 Å². The lowest BCUT2D eigenvalue weighted by Gasteiger charge is -2.36. The van der Waals surface area contributed by atoms with E-state index in [0.29, 0.717) is 11.9 Å². The van der Waals surface area contributed by atoms with E-state index in [1.54, 1.807) is 0 Å². The molecule has 0 aromatic carbocycles. The maximum absolute atomic E-state index is 5.73. The van der Waals surface area contributed by atoms with Crippen LogP contribution in [0.3, 0.4) is 0 Å². The first-order valence-corrected chi connectivity index (χ1v) is 6.52. The van der Waals surface area contributed by atoms with E-state index in [1.165, 1.54) is 12.8 Å². The van der Waals surface area contributed by atoms with Gasteiger partial charge in [-0.25, -0.2) is 9.97 Å². The van der Waals surface area contributed by atoms with Crippen molar-refractivity contribution >= 4 is 17.5 Å². The van der Waals surface area contributed by atoms with Gasteiger partial charge in [0.25, 0.3) is 0 Å². The molecule has 1 saturated heterocycles. The second kappa shape index (κ2) is 5.65. The molecule has 0 radical (unpaired) electrons. The lowest BCUT2D eigenvalue weighted by atomic mass is 10.1. The summed E-state index contributed by atoms with van der Waals surface area (Å²) in [7, 11) is 4.26. The van der Waals surface area contributed by atoms with Crippen molar-refractivity contribution in [3.63, 3.8) is 0 Å². The van der Waals surface area contributed by atoms with Gasteiger partial charge in [-0.3, -0.25) is 0 Å². The zero-order valence-corrected chi connectivity index (χ0v) is 11.2. The number of piperidine rings is 1. The van der Waals surface area contributed by atoms with Crippen LogP contribution >= 0.6 is 11.6 Å². The number of alkyl halides is 1. The molecule has 1 aromatic heterocycles. The number of likely N-dealkylation sites (N-methyl/N-ethyl adjacent to an activating group) is 1. The van der Waals surface area contributed by atoms with E-state index in [0.717, 1.165) is 24.6 Å². The van der Waals surface area contributed by atoms with Crippen molar-refractivity contribution < 1.29 is 0 Å². The van der Waals surface area contributed by atoms with Crippen molar-refractivity contribution in [1.29, 1.82) is 0 Å². The van der Waals surface area contributed by atoms with Gasteiger partial charge in [-0.1, -0.05) is 0 Å². The summed E-state index contributed by atoms with van der Waals surface area (Å²) < 4.78 is 0. The maximum Gasteiger partial charge on any atom is 0.225 e. The third-order valence-corrected chi connectivity index (χ3v) is 3.56. The molecule has 94 valence electrons. The van der Waals surface area contributed by atoms with Gasteiger partial charge in [-0.15, -0.1) is 11.6 Å². The summed E-state index contributed by atoms with van der Waals surface area (Å²) in [5.74, 6) is 1.30. The quantitative estimate of drug-likeness (QED) is 0.770. The molecule has 0 bridgehead atoms. The van der Waals surface area contributed by atoms with Gasteiger partial charge in [0.1, 0.15) is 0 Å². The summed E-state index contributed by atoms with van der Waals surface area (Å²) in [6, 6.07) is 0.597. The van der Waals surface area contributed by atoms with Crippen LogP contribution in [0.4, 0.5) is 5.95 Å². The summed E-state index contributed by atoms with van der Waals surface area (Å²) in [5, 5.41) is 0. The molecule has 0 saturated carbocycles. The van der Waals surface area contributed by atoms with Gasteiger partial charge in [-0.2, -0.15) is 0 Å². The van der Waals surface area contributed by atoms with E-state index in [2.05, 4.69) is 33.9 Å². The molecule has 0 spiro atoms. The standard InChI is InChI=1S/C12H19ClN4/c1-16(2)11-4-3-5-17(9-11)12-14-7-10(6-13)8-15-12/h7-8,11H,3-6,9H2,1-2H3. The van der Waals surface area contributed by atoms with Gasteiger partial charge in [0.15, 0.2) is 0 Å². The SMILES string of the molecule is CN(C)C1CCCN(c2ncc(CCl)cn2)C1. The average Bonchev–Trinajstić information content (AvgIpc) is 2.39. The second-order valence-corrected chi connectivity index (χ2v) is 5.00. The number of hydrogen-bond donors (Lipinski definition) is 0. The first-order chi connectivity index (χ1) is 8.20. The van der Waals surface area contributed by atoms with Crippen LogP contribution in [0.1, 0.15) is 18.4 Å². The molecule has 4 nitrogen and oxygen atoms in total. The summed E-state index contributed by atoms with van der Waals surface area (Å²) in [6.07, 6.45) is 6.08. The fraction of sp³-hybridized carbons (Fsp3) is 0.667. The molecule has 1 aromatic rings. The molecule has 17 heavy (non-hydrogen) atoms. The third-order valence-electron chi connectivity index (χ3n) is 3.26. The smallest absolute Gasteiger partial charge is 0.225 e. The van der Waals surface area contributed by atoms with Crippen molar-refractivity contribution in [1.82, 2.24) is 14.9 Å². The normalized spacial score (nSPS) is 20.9. The van der Waals surface area contributed by atoms with Crippen molar-refractivity contribution in [2.24, 2.45) is 0 Å². The molecule has 0 N–H and O–H groups in total. The van der Waals surface area contributed by atoms with Crippen LogP contribution in [0.25, 0.3) is 0 Å². The van der Waals surface area contributed by atoms with Crippen molar-refractivity contribution in [3.05, 3.63) is 18.0 Å². The van der Waals surface area contributed by atoms with E-state index >= 15 is 0 Å². The van der Waals surface area contributed by atoms with E-state index in [1.807, 2.05) is 12.4 Å². The zero-order chi connectivity index (χ0) is 12.3. The molecular formula is C12H19ClN4. The van der Waals surface area contributed by atoms with Crippen LogP contribution in [-0.2, 0) is 5.88 Å². The van der Waals surface area contributed by atoms with E-state index in [9.17, 15) is 0 Å². The Kier molecular flexibility index (Phi) is 4.18. The fourth-order valence-electron chi connectivity index (χ4n) is 2.14. The number of hydrogen-bond acceptors (Lipinski definition) is 4. The number of rotatable bonds is 3. The highest BCUT2D eigenvalue weighted by molar-refractivity contribution is 6.17.